The van der Waals surface area contributed by atoms with Crippen LogP contribution in [0.3, 0.4) is 0 Å². The topological polar surface area (TPSA) is 59.3 Å². The Morgan fingerprint density at radius 2 is 1.92 bits per heavy atom. The standard InChI is InChI=1S/C19H19FN4O/c1-3-16(14-8-10-15(20)11-9-14)22-23-19(25)12-24-13(2)21-17-6-4-5-7-18(17)24/h4-11H,3,12H2,1-2H3,(H,23,25)/b22-16-. The van der Waals surface area contributed by atoms with Gasteiger partial charge in [0.1, 0.15) is 18.2 Å². The Morgan fingerprint density at radius 1 is 1.20 bits per heavy atom. The molecule has 0 fully saturated rings. The number of fused-ring (bicyclic) bond motifs is 1. The molecule has 0 spiro atoms. The van der Waals surface area contributed by atoms with Crippen LogP contribution in [0.1, 0.15) is 24.7 Å². The quantitative estimate of drug-likeness (QED) is 0.572. The predicted octanol–water partition coefficient (Wildman–Crippen LogP) is 3.41. The largest absolute Gasteiger partial charge is 0.319 e. The summed E-state index contributed by atoms with van der Waals surface area (Å²) in [6, 6.07) is 13.7. The molecule has 1 aromatic heterocycles. The second kappa shape index (κ2) is 7.25. The summed E-state index contributed by atoms with van der Waals surface area (Å²) in [5.41, 5.74) is 5.83. The van der Waals surface area contributed by atoms with Crippen LogP contribution in [0.15, 0.2) is 53.6 Å². The molecule has 2 aromatic carbocycles. The lowest BCUT2D eigenvalue weighted by Crippen LogP contribution is -2.25. The number of nitrogens with zero attached hydrogens (tertiary/aromatic N) is 3. The Kier molecular flexibility index (Phi) is 4.88. The molecule has 0 aliphatic heterocycles. The highest BCUT2D eigenvalue weighted by atomic mass is 19.1. The van der Waals surface area contributed by atoms with Crippen molar-refractivity contribution in [2.45, 2.75) is 26.8 Å². The van der Waals surface area contributed by atoms with Crippen molar-refractivity contribution in [1.29, 1.82) is 0 Å². The van der Waals surface area contributed by atoms with Gasteiger partial charge in [0.2, 0.25) is 0 Å². The number of carbonyl (C=O) groups excluding carboxylic acids is 1. The van der Waals surface area contributed by atoms with E-state index in [0.717, 1.165) is 22.4 Å². The van der Waals surface area contributed by atoms with E-state index >= 15 is 0 Å². The highest BCUT2D eigenvalue weighted by Crippen LogP contribution is 2.15. The number of halogens is 1. The van der Waals surface area contributed by atoms with Crippen molar-refractivity contribution in [1.82, 2.24) is 15.0 Å². The van der Waals surface area contributed by atoms with Crippen LogP contribution in [-0.4, -0.2) is 21.2 Å². The van der Waals surface area contributed by atoms with E-state index in [2.05, 4.69) is 15.5 Å². The van der Waals surface area contributed by atoms with Crippen LogP contribution in [0.2, 0.25) is 0 Å². The van der Waals surface area contributed by atoms with Gasteiger partial charge in [0, 0.05) is 0 Å². The zero-order valence-corrected chi connectivity index (χ0v) is 14.2. The number of rotatable bonds is 5. The molecule has 128 valence electrons. The summed E-state index contributed by atoms with van der Waals surface area (Å²) in [4.78, 5) is 16.7. The van der Waals surface area contributed by atoms with Gasteiger partial charge in [0.05, 0.1) is 16.7 Å². The van der Waals surface area contributed by atoms with Crippen molar-refractivity contribution in [3.63, 3.8) is 0 Å². The van der Waals surface area contributed by atoms with Gasteiger partial charge in [-0.2, -0.15) is 5.10 Å². The fourth-order valence-corrected chi connectivity index (χ4v) is 2.69. The lowest BCUT2D eigenvalue weighted by Gasteiger charge is -2.08. The van der Waals surface area contributed by atoms with Crippen molar-refractivity contribution < 1.29 is 9.18 Å². The molecule has 0 saturated carbocycles. The Labute approximate surface area is 145 Å². The summed E-state index contributed by atoms with van der Waals surface area (Å²) in [5.74, 6) is 0.236. The molecule has 1 amide bonds. The molecule has 3 aromatic rings. The van der Waals surface area contributed by atoms with Crippen molar-refractivity contribution in [2.75, 3.05) is 0 Å². The van der Waals surface area contributed by atoms with Gasteiger partial charge in [-0.15, -0.1) is 0 Å². The number of imidazole rings is 1. The summed E-state index contributed by atoms with van der Waals surface area (Å²) in [6.07, 6.45) is 0.624. The predicted molar refractivity (Wildman–Crippen MR) is 95.8 cm³/mol. The summed E-state index contributed by atoms with van der Waals surface area (Å²) in [5, 5.41) is 4.19. The fraction of sp³-hybridized carbons (Fsp3) is 0.211. The molecular formula is C19H19FN4O. The third kappa shape index (κ3) is 3.74. The lowest BCUT2D eigenvalue weighted by atomic mass is 10.1. The maximum Gasteiger partial charge on any atom is 0.260 e. The smallest absolute Gasteiger partial charge is 0.260 e. The SMILES string of the molecule is CC/C(=N/NC(=O)Cn1c(C)nc2ccccc21)c1ccc(F)cc1. The van der Waals surface area contributed by atoms with Gasteiger partial charge in [-0.05, 0) is 43.2 Å². The number of hydrogen-bond acceptors (Lipinski definition) is 3. The van der Waals surface area contributed by atoms with Crippen molar-refractivity contribution in [3.05, 3.63) is 65.7 Å². The number of amides is 1. The van der Waals surface area contributed by atoms with Gasteiger partial charge in [0.15, 0.2) is 0 Å². The van der Waals surface area contributed by atoms with Crippen LogP contribution in [0.5, 0.6) is 0 Å². The van der Waals surface area contributed by atoms with E-state index in [4.69, 9.17) is 0 Å². The zero-order valence-electron chi connectivity index (χ0n) is 14.2. The number of aryl methyl sites for hydroxylation is 1. The number of hydrogen-bond donors (Lipinski definition) is 1. The van der Waals surface area contributed by atoms with E-state index in [0.29, 0.717) is 12.1 Å². The van der Waals surface area contributed by atoms with Gasteiger partial charge < -0.3 is 4.57 Å². The van der Waals surface area contributed by atoms with Gasteiger partial charge in [-0.25, -0.2) is 14.8 Å². The molecular weight excluding hydrogens is 319 g/mol. The molecule has 0 aliphatic rings. The summed E-state index contributed by atoms with van der Waals surface area (Å²) >= 11 is 0. The van der Waals surface area contributed by atoms with Gasteiger partial charge in [0.25, 0.3) is 5.91 Å². The molecule has 1 heterocycles. The van der Waals surface area contributed by atoms with Crippen LogP contribution >= 0.6 is 0 Å². The average Bonchev–Trinajstić information content (AvgIpc) is 2.92. The molecule has 0 aliphatic carbocycles. The highest BCUT2D eigenvalue weighted by Gasteiger charge is 2.10. The van der Waals surface area contributed by atoms with Crippen LogP contribution in [-0.2, 0) is 11.3 Å². The minimum atomic E-state index is -0.300. The van der Waals surface area contributed by atoms with Gasteiger partial charge >= 0.3 is 0 Å². The van der Waals surface area contributed by atoms with Gasteiger partial charge in [-0.3, -0.25) is 4.79 Å². The normalized spacial score (nSPS) is 11.7. The lowest BCUT2D eigenvalue weighted by molar-refractivity contribution is -0.121. The van der Waals surface area contributed by atoms with E-state index in [9.17, 15) is 9.18 Å². The highest BCUT2D eigenvalue weighted by molar-refractivity contribution is 6.00. The van der Waals surface area contributed by atoms with E-state index in [1.165, 1.54) is 12.1 Å². The third-order valence-electron chi connectivity index (χ3n) is 3.98. The summed E-state index contributed by atoms with van der Waals surface area (Å²) < 4.78 is 14.9. The Balaban J connectivity index is 1.75. The molecule has 0 saturated heterocycles. The number of hydrazone groups is 1. The van der Waals surface area contributed by atoms with Crippen LogP contribution in [0.25, 0.3) is 11.0 Å². The monoisotopic (exact) mass is 338 g/mol. The number of benzene rings is 2. The first-order valence-corrected chi connectivity index (χ1v) is 8.11. The number of para-hydroxylation sites is 2. The van der Waals surface area contributed by atoms with Gasteiger partial charge in [-0.1, -0.05) is 31.2 Å². The number of carbonyl (C=O) groups is 1. The second-order valence-corrected chi connectivity index (χ2v) is 5.69. The molecule has 0 radical (unpaired) electrons. The van der Waals surface area contributed by atoms with E-state index in [1.54, 1.807) is 12.1 Å². The zero-order chi connectivity index (χ0) is 17.8. The summed E-state index contributed by atoms with van der Waals surface area (Å²) in [6.45, 7) is 3.94. The molecule has 0 bridgehead atoms. The number of aromatic nitrogens is 2. The maximum absolute atomic E-state index is 13.0. The molecule has 0 atom stereocenters. The average molecular weight is 338 g/mol. The molecule has 25 heavy (non-hydrogen) atoms. The fourth-order valence-electron chi connectivity index (χ4n) is 2.69. The van der Waals surface area contributed by atoms with Crippen molar-refractivity contribution in [2.24, 2.45) is 5.10 Å². The van der Waals surface area contributed by atoms with E-state index < -0.39 is 0 Å². The third-order valence-corrected chi connectivity index (χ3v) is 3.98. The molecule has 0 unspecified atom stereocenters. The first-order valence-electron chi connectivity index (χ1n) is 8.11. The Bertz CT molecular complexity index is 928. The Hall–Kier alpha value is -3.02. The van der Waals surface area contributed by atoms with Crippen molar-refractivity contribution >= 4 is 22.7 Å². The van der Waals surface area contributed by atoms with E-state index in [-0.39, 0.29) is 18.3 Å². The number of nitrogens with one attached hydrogen (secondary N) is 1. The first-order chi connectivity index (χ1) is 12.1. The van der Waals surface area contributed by atoms with Crippen LogP contribution in [0.4, 0.5) is 4.39 Å². The molecule has 3 rings (SSSR count). The van der Waals surface area contributed by atoms with Crippen LogP contribution < -0.4 is 5.43 Å². The summed E-state index contributed by atoms with van der Waals surface area (Å²) in [7, 11) is 0. The minimum Gasteiger partial charge on any atom is -0.319 e. The second-order valence-electron chi connectivity index (χ2n) is 5.69. The maximum atomic E-state index is 13.0. The van der Waals surface area contributed by atoms with Crippen LogP contribution in [0, 0.1) is 12.7 Å². The molecule has 5 nitrogen and oxygen atoms in total. The van der Waals surface area contributed by atoms with Crippen molar-refractivity contribution in [3.8, 4) is 0 Å². The molecule has 6 heteroatoms. The van der Waals surface area contributed by atoms with E-state index in [1.807, 2.05) is 42.7 Å². The minimum absolute atomic E-state index is 0.135. The first kappa shape index (κ1) is 16.8. The Morgan fingerprint density at radius 3 is 2.64 bits per heavy atom. The molecule has 1 N–H and O–H groups in total.